The molecule has 5 aliphatic carbocycles. The van der Waals surface area contributed by atoms with Crippen molar-refractivity contribution in [1.29, 1.82) is 0 Å². The van der Waals surface area contributed by atoms with Gasteiger partial charge in [-0.15, -0.1) is 0 Å². The van der Waals surface area contributed by atoms with E-state index >= 15 is 0 Å². The summed E-state index contributed by atoms with van der Waals surface area (Å²) in [7, 11) is 0. The average Bonchev–Trinajstić information content (AvgIpc) is 3.66. The summed E-state index contributed by atoms with van der Waals surface area (Å²) in [5, 5.41) is 5.39. The van der Waals surface area contributed by atoms with Gasteiger partial charge in [0.2, 0.25) is 0 Å². The van der Waals surface area contributed by atoms with Gasteiger partial charge in [-0.2, -0.15) is 0 Å². The van der Waals surface area contributed by atoms with Gasteiger partial charge in [-0.3, -0.25) is 0 Å². The lowest BCUT2D eigenvalue weighted by Gasteiger charge is -2.61. The molecule has 0 saturated heterocycles. The van der Waals surface area contributed by atoms with E-state index in [9.17, 15) is 0 Å². The van der Waals surface area contributed by atoms with E-state index in [2.05, 4.69) is 156 Å². The van der Waals surface area contributed by atoms with E-state index in [1.807, 2.05) is 0 Å². The molecule has 8 aromatic rings. The highest BCUT2D eigenvalue weighted by Gasteiger charge is 2.61. The number of para-hydroxylation sites is 1. The molecule has 7 aromatic carbocycles. The van der Waals surface area contributed by atoms with E-state index in [0.717, 1.165) is 23.7 Å². The zero-order chi connectivity index (χ0) is 33.3. The molecule has 1 nitrogen and oxygen atoms in total. The van der Waals surface area contributed by atoms with Crippen molar-refractivity contribution in [3.63, 3.8) is 0 Å². The second kappa shape index (κ2) is 10.3. The molecule has 244 valence electrons. The van der Waals surface area contributed by atoms with Crippen molar-refractivity contribution in [2.45, 2.75) is 37.5 Å². The Morgan fingerprint density at radius 1 is 0.451 bits per heavy atom. The van der Waals surface area contributed by atoms with Crippen LogP contribution >= 0.6 is 0 Å². The third-order valence-corrected chi connectivity index (χ3v) is 13.7. The Labute approximate surface area is 299 Å². The number of nitrogens with zero attached hydrogens (tertiary/aromatic N) is 1. The van der Waals surface area contributed by atoms with Gasteiger partial charge in [0.1, 0.15) is 0 Å². The number of benzene rings is 7. The summed E-state index contributed by atoms with van der Waals surface area (Å²) in [6, 6.07) is 57.5. The van der Waals surface area contributed by atoms with E-state index in [-0.39, 0.29) is 5.41 Å². The van der Waals surface area contributed by atoms with Crippen molar-refractivity contribution in [3.8, 4) is 39.1 Å². The third kappa shape index (κ3) is 3.77. The van der Waals surface area contributed by atoms with Crippen LogP contribution in [0, 0.1) is 23.7 Å². The molecule has 0 N–H and O–H groups in total. The smallest absolute Gasteiger partial charge is 0.0547 e. The minimum atomic E-state index is 0.147. The van der Waals surface area contributed by atoms with Crippen molar-refractivity contribution in [1.82, 2.24) is 4.57 Å². The van der Waals surface area contributed by atoms with Crippen LogP contribution in [0.5, 0.6) is 0 Å². The second-order valence-electron chi connectivity index (χ2n) is 16.1. The molecule has 0 aliphatic heterocycles. The summed E-state index contributed by atoms with van der Waals surface area (Å²) in [4.78, 5) is 0. The molecule has 4 saturated carbocycles. The summed E-state index contributed by atoms with van der Waals surface area (Å²) in [5.41, 5.74) is 15.2. The second-order valence-corrected chi connectivity index (χ2v) is 16.1. The van der Waals surface area contributed by atoms with E-state index < -0.39 is 0 Å². The van der Waals surface area contributed by atoms with Crippen LogP contribution in [0.4, 0.5) is 0 Å². The Morgan fingerprint density at radius 3 is 1.90 bits per heavy atom. The molecular formula is C50H39N. The minimum absolute atomic E-state index is 0.147. The van der Waals surface area contributed by atoms with Crippen molar-refractivity contribution in [2.24, 2.45) is 23.7 Å². The molecule has 4 bridgehead atoms. The number of rotatable bonds is 3. The topological polar surface area (TPSA) is 4.93 Å². The summed E-state index contributed by atoms with van der Waals surface area (Å²) >= 11 is 0. The highest BCUT2D eigenvalue weighted by atomic mass is 15.0. The highest BCUT2D eigenvalue weighted by Crippen LogP contribution is 2.70. The Balaban J connectivity index is 1.17. The van der Waals surface area contributed by atoms with E-state index in [4.69, 9.17) is 0 Å². The predicted molar refractivity (Wildman–Crippen MR) is 212 cm³/mol. The quantitative estimate of drug-likeness (QED) is 0.179. The van der Waals surface area contributed by atoms with Gasteiger partial charge in [0.05, 0.1) is 16.7 Å². The zero-order valence-electron chi connectivity index (χ0n) is 28.7. The fraction of sp³-hybridized carbons (Fsp3) is 0.200. The number of aromatic nitrogens is 1. The van der Waals surface area contributed by atoms with E-state index in [0.29, 0.717) is 0 Å². The third-order valence-electron chi connectivity index (χ3n) is 13.7. The zero-order valence-corrected chi connectivity index (χ0v) is 28.7. The van der Waals surface area contributed by atoms with Crippen LogP contribution in [0.2, 0.25) is 0 Å². The van der Waals surface area contributed by atoms with Crippen LogP contribution in [0.3, 0.4) is 0 Å². The first-order chi connectivity index (χ1) is 25.3. The Hall–Kier alpha value is -5.40. The molecule has 1 heteroatoms. The minimum Gasteiger partial charge on any atom is -0.309 e. The number of hydrogen-bond donors (Lipinski definition) is 0. The van der Waals surface area contributed by atoms with Gasteiger partial charge in [0.25, 0.3) is 0 Å². The van der Waals surface area contributed by atoms with Crippen molar-refractivity contribution >= 4 is 32.6 Å². The van der Waals surface area contributed by atoms with Crippen molar-refractivity contribution in [2.75, 3.05) is 0 Å². The van der Waals surface area contributed by atoms with Gasteiger partial charge >= 0.3 is 0 Å². The number of fused-ring (bicyclic) bond motifs is 8. The van der Waals surface area contributed by atoms with Crippen molar-refractivity contribution in [3.05, 3.63) is 163 Å². The molecular weight excluding hydrogens is 615 g/mol. The maximum atomic E-state index is 2.59. The fourth-order valence-electron chi connectivity index (χ4n) is 12.1. The van der Waals surface area contributed by atoms with Crippen LogP contribution in [-0.4, -0.2) is 4.57 Å². The van der Waals surface area contributed by atoms with Gasteiger partial charge in [0, 0.05) is 21.8 Å². The largest absolute Gasteiger partial charge is 0.309 e. The first kappa shape index (κ1) is 28.3. The van der Waals surface area contributed by atoms with Crippen LogP contribution in [-0.2, 0) is 5.41 Å². The first-order valence-corrected chi connectivity index (χ1v) is 19.1. The normalized spacial score (nSPS) is 24.2. The average molecular weight is 654 g/mol. The lowest BCUT2D eigenvalue weighted by atomic mass is 9.43. The summed E-state index contributed by atoms with van der Waals surface area (Å²) < 4.78 is 2.59. The molecule has 4 fully saturated rings. The molecule has 1 heterocycles. The van der Waals surface area contributed by atoms with Crippen LogP contribution in [0.1, 0.15) is 43.2 Å². The van der Waals surface area contributed by atoms with Crippen LogP contribution in [0.25, 0.3) is 71.6 Å². The van der Waals surface area contributed by atoms with E-state index in [1.165, 1.54) is 104 Å². The van der Waals surface area contributed by atoms with Gasteiger partial charge in [-0.1, -0.05) is 121 Å². The Morgan fingerprint density at radius 2 is 1.10 bits per heavy atom. The van der Waals surface area contributed by atoms with Gasteiger partial charge in [-0.25, -0.2) is 0 Å². The molecule has 51 heavy (non-hydrogen) atoms. The standard InChI is InChI=1S/C50H39N/c1-2-11-33(12-3-1)34-15-10-16-37(28-34)40-17-7-9-20-45(40)51-46-22-21-44-48(49(46)42-29-35-13-4-5-14-36(35)30-47(42)51)41-18-6-8-19-43(41)50(44)38-24-31-23-32(26-38)27-39(50)25-31/h1-22,28-32,38-39H,23-27H2. The number of hydrogen-bond acceptors (Lipinski definition) is 0. The fourth-order valence-corrected chi connectivity index (χ4v) is 12.1. The molecule has 0 radical (unpaired) electrons. The van der Waals surface area contributed by atoms with Gasteiger partial charge < -0.3 is 4.57 Å². The first-order valence-electron chi connectivity index (χ1n) is 19.1. The maximum Gasteiger partial charge on any atom is 0.0547 e. The maximum absolute atomic E-state index is 2.59. The monoisotopic (exact) mass is 653 g/mol. The lowest BCUT2D eigenvalue weighted by molar-refractivity contribution is -0.0399. The highest BCUT2D eigenvalue weighted by molar-refractivity contribution is 6.20. The van der Waals surface area contributed by atoms with Crippen molar-refractivity contribution < 1.29 is 0 Å². The molecule has 1 spiro atoms. The SMILES string of the molecule is c1ccc(-c2cccc(-c3ccccc3-n3c4cc5ccccc5cc4c4c5c(ccc43)C3(c4ccccc4-5)C4CC5CC(C4)CC3C5)c2)cc1. The summed E-state index contributed by atoms with van der Waals surface area (Å²) in [6.45, 7) is 0. The van der Waals surface area contributed by atoms with Crippen LogP contribution in [0.15, 0.2) is 152 Å². The molecule has 0 unspecified atom stereocenters. The van der Waals surface area contributed by atoms with Gasteiger partial charge in [0.15, 0.2) is 0 Å². The van der Waals surface area contributed by atoms with Crippen LogP contribution < -0.4 is 0 Å². The summed E-state index contributed by atoms with van der Waals surface area (Å²) in [5.74, 6) is 3.37. The van der Waals surface area contributed by atoms with E-state index in [1.54, 1.807) is 11.1 Å². The summed E-state index contributed by atoms with van der Waals surface area (Å²) in [6.07, 6.45) is 7.09. The Kier molecular flexibility index (Phi) is 5.73. The molecule has 13 rings (SSSR count). The molecule has 0 amide bonds. The molecule has 0 atom stereocenters. The lowest BCUT2D eigenvalue weighted by Crippen LogP contribution is -2.55. The predicted octanol–water partition coefficient (Wildman–Crippen LogP) is 13.0. The van der Waals surface area contributed by atoms with Gasteiger partial charge in [-0.05, 0) is 136 Å². The molecule has 1 aromatic heterocycles. The Bertz CT molecular complexity index is 2680. The molecule has 5 aliphatic rings.